The first kappa shape index (κ1) is 20.0. The number of benzene rings is 1. The van der Waals surface area contributed by atoms with Crippen molar-refractivity contribution in [3.63, 3.8) is 0 Å². The summed E-state index contributed by atoms with van der Waals surface area (Å²) >= 11 is 0. The summed E-state index contributed by atoms with van der Waals surface area (Å²) < 4.78 is 12.2. The van der Waals surface area contributed by atoms with Crippen molar-refractivity contribution in [1.29, 1.82) is 0 Å². The van der Waals surface area contributed by atoms with Gasteiger partial charge in [0.1, 0.15) is 11.5 Å². The molecule has 2 aromatic rings. The fraction of sp³-hybridized carbons (Fsp3) is 0.524. The second kappa shape index (κ2) is 10.00. The van der Waals surface area contributed by atoms with Gasteiger partial charge in [-0.25, -0.2) is 4.68 Å². The van der Waals surface area contributed by atoms with Crippen molar-refractivity contribution in [2.75, 3.05) is 13.7 Å². The summed E-state index contributed by atoms with van der Waals surface area (Å²) in [5, 5.41) is 4.43. The van der Waals surface area contributed by atoms with Crippen LogP contribution in [0.2, 0.25) is 0 Å². The predicted molar refractivity (Wildman–Crippen MR) is 103 cm³/mol. The van der Waals surface area contributed by atoms with E-state index in [2.05, 4.69) is 12.0 Å². The second-order valence-corrected chi connectivity index (χ2v) is 6.58. The minimum atomic E-state index is -0.154. The lowest BCUT2D eigenvalue weighted by atomic mass is 10.0. The number of unbranched alkanes of at least 4 members (excludes halogenated alkanes) is 4. The Balaban J connectivity index is 1.92. The molecule has 0 unspecified atom stereocenters. The number of carbonyl (C=O) groups excluding carboxylic acids is 1. The molecule has 0 radical (unpaired) electrons. The van der Waals surface area contributed by atoms with E-state index in [0.717, 1.165) is 30.0 Å². The van der Waals surface area contributed by atoms with E-state index in [9.17, 15) is 4.79 Å². The molecule has 0 amide bonds. The topological polar surface area (TPSA) is 53.4 Å². The summed E-state index contributed by atoms with van der Waals surface area (Å²) in [4.78, 5) is 12.5. The predicted octanol–water partition coefficient (Wildman–Crippen LogP) is 4.74. The maximum absolute atomic E-state index is 12.5. The van der Waals surface area contributed by atoms with E-state index in [1.165, 1.54) is 35.9 Å². The normalized spacial score (nSPS) is 10.8. The average molecular weight is 358 g/mol. The molecule has 0 atom stereocenters. The molecule has 5 nitrogen and oxygen atoms in total. The lowest BCUT2D eigenvalue weighted by Crippen LogP contribution is -2.21. The van der Waals surface area contributed by atoms with E-state index >= 15 is 0 Å². The Bertz CT molecular complexity index is 705. The zero-order chi connectivity index (χ0) is 18.9. The highest BCUT2D eigenvalue weighted by Crippen LogP contribution is 2.19. The summed E-state index contributed by atoms with van der Waals surface area (Å²) in [7, 11) is 1.61. The van der Waals surface area contributed by atoms with Crippen LogP contribution in [0.4, 0.5) is 0 Å². The second-order valence-electron chi connectivity index (χ2n) is 6.58. The fourth-order valence-electron chi connectivity index (χ4n) is 3.06. The van der Waals surface area contributed by atoms with E-state index in [1.807, 2.05) is 13.8 Å². The van der Waals surface area contributed by atoms with Gasteiger partial charge in [-0.1, -0.05) is 32.6 Å². The first-order chi connectivity index (χ1) is 12.6. The highest BCUT2D eigenvalue weighted by molar-refractivity contribution is 5.80. The van der Waals surface area contributed by atoms with Gasteiger partial charge in [-0.2, -0.15) is 5.10 Å². The van der Waals surface area contributed by atoms with Crippen molar-refractivity contribution >= 4 is 5.91 Å². The minimum absolute atomic E-state index is 0.0375. The molecule has 1 aromatic carbocycles. The van der Waals surface area contributed by atoms with Crippen LogP contribution in [0.1, 0.15) is 60.8 Å². The summed E-state index contributed by atoms with van der Waals surface area (Å²) in [6, 6.07) is 7.18. The summed E-state index contributed by atoms with van der Waals surface area (Å²) in [6.07, 6.45) is 7.17. The van der Waals surface area contributed by atoms with Crippen LogP contribution in [0.5, 0.6) is 11.5 Å². The quantitative estimate of drug-likeness (QED) is 0.576. The molecule has 0 aliphatic heterocycles. The Labute approximate surface area is 156 Å². The van der Waals surface area contributed by atoms with E-state index in [0.29, 0.717) is 5.75 Å². The first-order valence-corrected chi connectivity index (χ1v) is 9.42. The van der Waals surface area contributed by atoms with Crippen molar-refractivity contribution in [2.45, 2.75) is 59.3 Å². The number of ether oxygens (including phenoxy) is 2. The Kier molecular flexibility index (Phi) is 7.70. The average Bonchev–Trinajstić information content (AvgIpc) is 2.94. The molecular weight excluding hydrogens is 328 g/mol. The van der Waals surface area contributed by atoms with Gasteiger partial charge < -0.3 is 9.47 Å². The molecule has 0 saturated heterocycles. The molecule has 1 aromatic heterocycles. The highest BCUT2D eigenvalue weighted by atomic mass is 16.5. The molecule has 0 bridgehead atoms. The van der Waals surface area contributed by atoms with Gasteiger partial charge in [0.25, 0.3) is 5.91 Å². The van der Waals surface area contributed by atoms with Crippen molar-refractivity contribution in [2.24, 2.45) is 0 Å². The Hall–Kier alpha value is -2.30. The number of aryl methyl sites for hydroxylation is 1. The van der Waals surface area contributed by atoms with E-state index < -0.39 is 0 Å². The molecule has 0 aliphatic carbocycles. The van der Waals surface area contributed by atoms with Gasteiger partial charge in [-0.15, -0.1) is 0 Å². The lowest BCUT2D eigenvalue weighted by Gasteiger charge is -2.08. The van der Waals surface area contributed by atoms with Crippen LogP contribution in [-0.4, -0.2) is 29.4 Å². The zero-order valence-corrected chi connectivity index (χ0v) is 16.4. The maximum Gasteiger partial charge on any atom is 0.284 e. The van der Waals surface area contributed by atoms with E-state index in [1.54, 1.807) is 31.4 Å². The van der Waals surface area contributed by atoms with Crippen molar-refractivity contribution < 1.29 is 14.3 Å². The number of aromatic nitrogens is 2. The van der Waals surface area contributed by atoms with Crippen LogP contribution in [0, 0.1) is 13.8 Å². The SMILES string of the molecule is CCCCCCCc1c(C)nn(C(=O)COc2ccc(OC)cc2)c1C. The van der Waals surface area contributed by atoms with E-state index in [4.69, 9.17) is 9.47 Å². The van der Waals surface area contributed by atoms with Crippen LogP contribution in [0.3, 0.4) is 0 Å². The minimum Gasteiger partial charge on any atom is -0.497 e. The molecule has 2 rings (SSSR count). The van der Waals surface area contributed by atoms with E-state index in [-0.39, 0.29) is 12.5 Å². The zero-order valence-electron chi connectivity index (χ0n) is 16.4. The number of hydrogen-bond acceptors (Lipinski definition) is 4. The molecule has 0 N–H and O–H groups in total. The number of hydrogen-bond donors (Lipinski definition) is 0. The molecular formula is C21H30N2O3. The molecule has 0 saturated carbocycles. The van der Waals surface area contributed by atoms with Gasteiger partial charge in [0.2, 0.25) is 0 Å². The van der Waals surface area contributed by atoms with Crippen LogP contribution in [0.25, 0.3) is 0 Å². The van der Waals surface area contributed by atoms with Crippen LogP contribution < -0.4 is 9.47 Å². The van der Waals surface area contributed by atoms with Gasteiger partial charge in [0, 0.05) is 5.69 Å². The number of rotatable bonds is 10. The monoisotopic (exact) mass is 358 g/mol. The Morgan fingerprint density at radius 1 is 1.04 bits per heavy atom. The molecule has 26 heavy (non-hydrogen) atoms. The number of methoxy groups -OCH3 is 1. The molecule has 0 spiro atoms. The molecule has 142 valence electrons. The van der Waals surface area contributed by atoms with Gasteiger partial charge in [0.05, 0.1) is 12.8 Å². The highest BCUT2D eigenvalue weighted by Gasteiger charge is 2.16. The van der Waals surface area contributed by atoms with Gasteiger partial charge >= 0.3 is 0 Å². The van der Waals surface area contributed by atoms with Crippen molar-refractivity contribution in [1.82, 2.24) is 9.78 Å². The third kappa shape index (κ3) is 5.35. The molecule has 0 aliphatic rings. The van der Waals surface area contributed by atoms with Gasteiger partial charge in [-0.05, 0) is 56.5 Å². The Morgan fingerprint density at radius 3 is 2.35 bits per heavy atom. The molecule has 5 heteroatoms. The van der Waals surface area contributed by atoms with Crippen LogP contribution in [-0.2, 0) is 6.42 Å². The van der Waals surface area contributed by atoms with Gasteiger partial charge in [0.15, 0.2) is 6.61 Å². The molecule has 0 fully saturated rings. The number of carbonyl (C=O) groups is 1. The largest absolute Gasteiger partial charge is 0.497 e. The Morgan fingerprint density at radius 2 is 1.69 bits per heavy atom. The number of nitrogens with zero attached hydrogens (tertiary/aromatic N) is 2. The van der Waals surface area contributed by atoms with Crippen molar-refractivity contribution in [3.8, 4) is 11.5 Å². The summed E-state index contributed by atoms with van der Waals surface area (Å²) in [5.41, 5.74) is 3.07. The summed E-state index contributed by atoms with van der Waals surface area (Å²) in [5.74, 6) is 1.24. The fourth-order valence-corrected chi connectivity index (χ4v) is 3.06. The van der Waals surface area contributed by atoms with Crippen LogP contribution >= 0.6 is 0 Å². The van der Waals surface area contributed by atoms with Gasteiger partial charge in [-0.3, -0.25) is 4.79 Å². The molecule has 1 heterocycles. The standard InChI is InChI=1S/C21H30N2O3/c1-5-6-7-8-9-10-20-16(2)22-23(17(20)3)21(24)15-26-19-13-11-18(25-4)12-14-19/h11-14H,5-10,15H2,1-4H3. The first-order valence-electron chi connectivity index (χ1n) is 9.42. The van der Waals surface area contributed by atoms with Crippen molar-refractivity contribution in [3.05, 3.63) is 41.2 Å². The lowest BCUT2D eigenvalue weighted by molar-refractivity contribution is 0.0818. The maximum atomic E-state index is 12.5. The summed E-state index contributed by atoms with van der Waals surface area (Å²) in [6.45, 7) is 6.12. The third-order valence-electron chi connectivity index (χ3n) is 4.63. The van der Waals surface area contributed by atoms with Crippen LogP contribution in [0.15, 0.2) is 24.3 Å². The third-order valence-corrected chi connectivity index (χ3v) is 4.63. The smallest absolute Gasteiger partial charge is 0.284 e.